The summed E-state index contributed by atoms with van der Waals surface area (Å²) in [6, 6.07) is 9.61. The molecule has 104 valence electrons. The number of hydrogen-bond acceptors (Lipinski definition) is 2. The third-order valence-corrected chi connectivity index (χ3v) is 3.78. The molecule has 0 saturated carbocycles. The molecular weight excluding hydrogens is 236 g/mol. The minimum Gasteiger partial charge on any atom is -0.341 e. The molecule has 1 amide bonds. The quantitative estimate of drug-likeness (QED) is 0.906. The molecule has 1 fully saturated rings. The molecule has 1 atom stereocenters. The van der Waals surface area contributed by atoms with Gasteiger partial charge in [-0.2, -0.15) is 0 Å². The molecule has 19 heavy (non-hydrogen) atoms. The van der Waals surface area contributed by atoms with Gasteiger partial charge in [0.05, 0.1) is 6.04 Å². The summed E-state index contributed by atoms with van der Waals surface area (Å²) in [5, 5.41) is 0. The van der Waals surface area contributed by atoms with Crippen molar-refractivity contribution in [1.29, 1.82) is 0 Å². The standard InChI is InChI=1S/C16H24N2O/c17-15(13-14-9-5-4-6-10-14)16(19)18-11-7-2-1-3-8-12-18/h4-6,9-10,15H,1-3,7-8,11-13,17H2/t15-/m1/s1. The summed E-state index contributed by atoms with van der Waals surface area (Å²) in [5.41, 5.74) is 7.21. The van der Waals surface area contributed by atoms with Crippen molar-refractivity contribution in [1.82, 2.24) is 4.90 Å². The molecule has 1 heterocycles. The van der Waals surface area contributed by atoms with E-state index in [9.17, 15) is 4.79 Å². The summed E-state index contributed by atoms with van der Waals surface area (Å²) in [6.07, 6.45) is 6.64. The first-order valence-electron chi connectivity index (χ1n) is 7.35. The van der Waals surface area contributed by atoms with Crippen LogP contribution in [0.1, 0.15) is 37.7 Å². The molecule has 2 rings (SSSR count). The summed E-state index contributed by atoms with van der Waals surface area (Å²) in [5.74, 6) is 0.116. The first-order chi connectivity index (χ1) is 9.27. The van der Waals surface area contributed by atoms with E-state index in [0.29, 0.717) is 6.42 Å². The topological polar surface area (TPSA) is 46.3 Å². The van der Waals surface area contributed by atoms with Crippen molar-refractivity contribution >= 4 is 5.91 Å². The van der Waals surface area contributed by atoms with Crippen LogP contribution in [0.4, 0.5) is 0 Å². The molecule has 3 nitrogen and oxygen atoms in total. The number of hydrogen-bond donors (Lipinski definition) is 1. The second-order valence-electron chi connectivity index (χ2n) is 5.39. The van der Waals surface area contributed by atoms with Crippen LogP contribution in [0.15, 0.2) is 30.3 Å². The van der Waals surface area contributed by atoms with Crippen LogP contribution in [0, 0.1) is 0 Å². The maximum atomic E-state index is 12.4. The predicted molar refractivity (Wildman–Crippen MR) is 77.8 cm³/mol. The molecule has 2 N–H and O–H groups in total. The fourth-order valence-electron chi connectivity index (χ4n) is 2.66. The summed E-state index contributed by atoms with van der Waals surface area (Å²) in [7, 11) is 0. The van der Waals surface area contributed by atoms with Gasteiger partial charge in [0.25, 0.3) is 0 Å². The fraction of sp³-hybridized carbons (Fsp3) is 0.562. The summed E-state index contributed by atoms with van der Waals surface area (Å²) >= 11 is 0. The largest absolute Gasteiger partial charge is 0.341 e. The van der Waals surface area contributed by atoms with Crippen molar-refractivity contribution in [2.24, 2.45) is 5.73 Å². The summed E-state index contributed by atoms with van der Waals surface area (Å²) in [6.45, 7) is 1.75. The van der Waals surface area contributed by atoms with Crippen LogP contribution in [-0.2, 0) is 11.2 Å². The van der Waals surface area contributed by atoms with E-state index in [1.807, 2.05) is 35.2 Å². The van der Waals surface area contributed by atoms with Gasteiger partial charge in [0, 0.05) is 13.1 Å². The van der Waals surface area contributed by atoms with Crippen LogP contribution in [0.25, 0.3) is 0 Å². The molecule has 0 aromatic heterocycles. The molecule has 1 aliphatic rings. The Bertz CT molecular complexity index is 383. The lowest BCUT2D eigenvalue weighted by Gasteiger charge is -2.27. The number of likely N-dealkylation sites (tertiary alicyclic amines) is 1. The average Bonchev–Trinajstić information content (AvgIpc) is 2.39. The smallest absolute Gasteiger partial charge is 0.239 e. The Kier molecular flexibility index (Phi) is 5.40. The van der Waals surface area contributed by atoms with E-state index in [1.54, 1.807) is 0 Å². The molecule has 0 spiro atoms. The fourth-order valence-corrected chi connectivity index (χ4v) is 2.66. The van der Waals surface area contributed by atoms with Gasteiger partial charge >= 0.3 is 0 Å². The maximum absolute atomic E-state index is 12.4. The molecule has 0 bridgehead atoms. The number of nitrogens with two attached hydrogens (primary N) is 1. The van der Waals surface area contributed by atoms with E-state index in [-0.39, 0.29) is 5.91 Å². The normalized spacial score (nSPS) is 18.5. The van der Waals surface area contributed by atoms with Gasteiger partial charge in [-0.3, -0.25) is 4.79 Å². The Hall–Kier alpha value is -1.35. The molecule has 0 radical (unpaired) electrons. The van der Waals surface area contributed by atoms with E-state index in [1.165, 1.54) is 19.3 Å². The number of rotatable bonds is 3. The van der Waals surface area contributed by atoms with Gasteiger partial charge in [0.15, 0.2) is 0 Å². The van der Waals surface area contributed by atoms with E-state index in [2.05, 4.69) is 0 Å². The molecule has 3 heteroatoms. The molecule has 0 aliphatic carbocycles. The lowest BCUT2D eigenvalue weighted by atomic mass is 10.0. The Balaban J connectivity index is 1.90. The number of carbonyl (C=O) groups excluding carboxylic acids is 1. The Morgan fingerprint density at radius 1 is 1.05 bits per heavy atom. The lowest BCUT2D eigenvalue weighted by Crippen LogP contribution is -2.46. The lowest BCUT2D eigenvalue weighted by molar-refractivity contribution is -0.132. The van der Waals surface area contributed by atoms with Gasteiger partial charge in [0.1, 0.15) is 0 Å². The van der Waals surface area contributed by atoms with Crippen LogP contribution in [0.2, 0.25) is 0 Å². The molecular formula is C16H24N2O. The summed E-state index contributed by atoms with van der Waals surface area (Å²) in [4.78, 5) is 14.3. The van der Waals surface area contributed by atoms with Crippen LogP contribution < -0.4 is 5.73 Å². The molecule has 1 aromatic carbocycles. The molecule has 0 unspecified atom stereocenters. The molecule has 1 saturated heterocycles. The van der Waals surface area contributed by atoms with Gasteiger partial charge in [0.2, 0.25) is 5.91 Å². The highest BCUT2D eigenvalue weighted by Crippen LogP contribution is 2.12. The Labute approximate surface area is 115 Å². The Morgan fingerprint density at radius 2 is 1.63 bits per heavy atom. The number of benzene rings is 1. The van der Waals surface area contributed by atoms with Crippen LogP contribution in [-0.4, -0.2) is 29.9 Å². The van der Waals surface area contributed by atoms with Crippen molar-refractivity contribution < 1.29 is 4.79 Å². The van der Waals surface area contributed by atoms with Gasteiger partial charge in [-0.1, -0.05) is 49.6 Å². The van der Waals surface area contributed by atoms with Gasteiger partial charge < -0.3 is 10.6 Å². The van der Waals surface area contributed by atoms with Crippen LogP contribution in [0.3, 0.4) is 0 Å². The zero-order valence-corrected chi connectivity index (χ0v) is 11.6. The van der Waals surface area contributed by atoms with Crippen molar-refractivity contribution in [3.8, 4) is 0 Å². The van der Waals surface area contributed by atoms with Crippen LogP contribution >= 0.6 is 0 Å². The van der Waals surface area contributed by atoms with Gasteiger partial charge in [-0.05, 0) is 24.8 Å². The monoisotopic (exact) mass is 260 g/mol. The van der Waals surface area contributed by atoms with E-state index < -0.39 is 6.04 Å². The molecule has 1 aliphatic heterocycles. The van der Waals surface area contributed by atoms with Crippen molar-refractivity contribution in [2.75, 3.05) is 13.1 Å². The minimum absolute atomic E-state index is 0.116. The highest BCUT2D eigenvalue weighted by atomic mass is 16.2. The number of carbonyl (C=O) groups is 1. The van der Waals surface area contributed by atoms with E-state index in [0.717, 1.165) is 31.5 Å². The van der Waals surface area contributed by atoms with E-state index >= 15 is 0 Å². The second-order valence-corrected chi connectivity index (χ2v) is 5.39. The second kappa shape index (κ2) is 7.29. The maximum Gasteiger partial charge on any atom is 0.239 e. The van der Waals surface area contributed by atoms with Gasteiger partial charge in [-0.25, -0.2) is 0 Å². The zero-order valence-electron chi connectivity index (χ0n) is 11.6. The zero-order chi connectivity index (χ0) is 13.5. The number of nitrogens with zero attached hydrogens (tertiary/aromatic N) is 1. The first-order valence-corrected chi connectivity index (χ1v) is 7.35. The van der Waals surface area contributed by atoms with Crippen molar-refractivity contribution in [3.05, 3.63) is 35.9 Å². The van der Waals surface area contributed by atoms with E-state index in [4.69, 9.17) is 5.73 Å². The highest BCUT2D eigenvalue weighted by Gasteiger charge is 2.21. The summed E-state index contributed by atoms with van der Waals surface area (Å²) < 4.78 is 0. The first kappa shape index (κ1) is 14.1. The van der Waals surface area contributed by atoms with Crippen molar-refractivity contribution in [2.45, 2.75) is 44.6 Å². The van der Waals surface area contributed by atoms with Gasteiger partial charge in [-0.15, -0.1) is 0 Å². The minimum atomic E-state index is -0.401. The van der Waals surface area contributed by atoms with Crippen LogP contribution in [0.5, 0.6) is 0 Å². The predicted octanol–water partition coefficient (Wildman–Crippen LogP) is 2.35. The average molecular weight is 260 g/mol. The van der Waals surface area contributed by atoms with Crippen molar-refractivity contribution in [3.63, 3.8) is 0 Å². The third kappa shape index (κ3) is 4.35. The number of amides is 1. The third-order valence-electron chi connectivity index (χ3n) is 3.78. The highest BCUT2D eigenvalue weighted by molar-refractivity contribution is 5.82. The molecule has 1 aromatic rings. The Morgan fingerprint density at radius 3 is 2.26 bits per heavy atom. The SMILES string of the molecule is N[C@H](Cc1ccccc1)C(=O)N1CCCCCCC1.